The molecule has 0 fully saturated rings. The number of ether oxygens (including phenoxy) is 1. The van der Waals surface area contributed by atoms with Crippen LogP contribution in [0.1, 0.15) is 13.8 Å². The number of carbonyl (C=O) groups excluding carboxylic acids is 1. The van der Waals surface area contributed by atoms with Crippen LogP contribution in [-0.4, -0.2) is 23.3 Å². The summed E-state index contributed by atoms with van der Waals surface area (Å²) in [6.45, 7) is 3.90. The molecule has 0 aliphatic heterocycles. The van der Waals surface area contributed by atoms with E-state index in [2.05, 4.69) is 4.98 Å². The van der Waals surface area contributed by atoms with E-state index in [0.717, 1.165) is 4.90 Å². The van der Waals surface area contributed by atoms with Crippen molar-refractivity contribution >= 4 is 17.7 Å². The number of methoxy groups -OCH3 is 1. The summed E-state index contributed by atoms with van der Waals surface area (Å²) in [6, 6.07) is 3.87. The predicted molar refractivity (Wildman–Crippen MR) is 60.7 cm³/mol. The summed E-state index contributed by atoms with van der Waals surface area (Å²) in [4.78, 5) is 16.4. The van der Waals surface area contributed by atoms with Crippen molar-refractivity contribution in [1.82, 2.24) is 4.98 Å². The van der Waals surface area contributed by atoms with Gasteiger partial charge in [-0.15, -0.1) is 11.8 Å². The van der Waals surface area contributed by atoms with Gasteiger partial charge in [0.25, 0.3) is 0 Å². The molecule has 1 aromatic heterocycles. The molecule has 0 N–H and O–H groups in total. The molecule has 0 spiro atoms. The van der Waals surface area contributed by atoms with Gasteiger partial charge in [0.1, 0.15) is 0 Å². The van der Waals surface area contributed by atoms with Crippen LogP contribution in [0.15, 0.2) is 29.4 Å². The van der Waals surface area contributed by atoms with Crippen LogP contribution in [0.4, 0.5) is 0 Å². The highest BCUT2D eigenvalue weighted by Crippen LogP contribution is 2.27. The molecule has 15 heavy (non-hydrogen) atoms. The van der Waals surface area contributed by atoms with Crippen LogP contribution in [0, 0.1) is 5.92 Å². The topological polar surface area (TPSA) is 39.2 Å². The third kappa shape index (κ3) is 3.55. The van der Waals surface area contributed by atoms with Gasteiger partial charge < -0.3 is 4.74 Å². The van der Waals surface area contributed by atoms with E-state index >= 15 is 0 Å². The second-order valence-electron chi connectivity index (χ2n) is 3.32. The summed E-state index contributed by atoms with van der Waals surface area (Å²) in [5.74, 6) is -0.266. The highest BCUT2D eigenvalue weighted by atomic mass is 32.2. The van der Waals surface area contributed by atoms with Gasteiger partial charge in [-0.05, 0) is 12.1 Å². The molecule has 0 saturated carbocycles. The summed E-state index contributed by atoms with van der Waals surface area (Å²) < 4.78 is 4.71. The van der Waals surface area contributed by atoms with Crippen molar-refractivity contribution < 1.29 is 9.53 Å². The highest BCUT2D eigenvalue weighted by molar-refractivity contribution is 8.00. The summed E-state index contributed by atoms with van der Waals surface area (Å²) in [6.07, 6.45) is 3.50. The standard InChI is InChI=1S/C11H15NO2S/c1-8(11(13)14-3)9(2)15-10-4-6-12-7-5-10/h4-9H,1-3H3. The average molecular weight is 225 g/mol. The lowest BCUT2D eigenvalue weighted by atomic mass is 10.1. The maximum atomic E-state index is 11.3. The Morgan fingerprint density at radius 1 is 1.40 bits per heavy atom. The lowest BCUT2D eigenvalue weighted by Gasteiger charge is -2.16. The van der Waals surface area contributed by atoms with E-state index in [9.17, 15) is 4.79 Å². The second-order valence-corrected chi connectivity index (χ2v) is 4.77. The molecule has 0 radical (unpaired) electrons. The van der Waals surface area contributed by atoms with Gasteiger partial charge in [0.05, 0.1) is 13.0 Å². The Labute approximate surface area is 94.2 Å². The summed E-state index contributed by atoms with van der Waals surface area (Å²) >= 11 is 1.65. The van der Waals surface area contributed by atoms with Gasteiger partial charge in [0.2, 0.25) is 0 Å². The molecule has 0 aliphatic rings. The Morgan fingerprint density at radius 3 is 2.53 bits per heavy atom. The number of hydrogen-bond donors (Lipinski definition) is 0. The van der Waals surface area contributed by atoms with Crippen molar-refractivity contribution in [2.24, 2.45) is 5.92 Å². The molecule has 3 nitrogen and oxygen atoms in total. The van der Waals surface area contributed by atoms with Crippen molar-refractivity contribution in [3.63, 3.8) is 0 Å². The zero-order valence-corrected chi connectivity index (χ0v) is 9.95. The van der Waals surface area contributed by atoms with Gasteiger partial charge in [0.15, 0.2) is 0 Å². The first kappa shape index (κ1) is 12.0. The third-order valence-corrected chi connectivity index (χ3v) is 3.57. The molecular weight excluding hydrogens is 210 g/mol. The van der Waals surface area contributed by atoms with Crippen LogP contribution in [0.3, 0.4) is 0 Å². The van der Waals surface area contributed by atoms with E-state index in [-0.39, 0.29) is 17.1 Å². The summed E-state index contributed by atoms with van der Waals surface area (Å²) in [5, 5.41) is 0.194. The fourth-order valence-corrected chi connectivity index (χ4v) is 2.13. The molecule has 4 heteroatoms. The van der Waals surface area contributed by atoms with Crippen molar-refractivity contribution in [1.29, 1.82) is 0 Å². The molecular formula is C11H15NO2S. The second kappa shape index (κ2) is 5.75. The number of carbonyl (C=O) groups is 1. The van der Waals surface area contributed by atoms with E-state index in [0.29, 0.717) is 0 Å². The van der Waals surface area contributed by atoms with Gasteiger partial charge in [-0.2, -0.15) is 0 Å². The van der Waals surface area contributed by atoms with Crippen molar-refractivity contribution in [2.45, 2.75) is 24.0 Å². The SMILES string of the molecule is COC(=O)C(C)C(C)Sc1ccncc1. The monoisotopic (exact) mass is 225 g/mol. The van der Waals surface area contributed by atoms with Gasteiger partial charge >= 0.3 is 5.97 Å². The Kier molecular flexibility index (Phi) is 4.62. The minimum Gasteiger partial charge on any atom is -0.469 e. The molecule has 0 aliphatic carbocycles. The zero-order valence-electron chi connectivity index (χ0n) is 9.14. The van der Waals surface area contributed by atoms with E-state index < -0.39 is 0 Å². The van der Waals surface area contributed by atoms with Gasteiger partial charge in [-0.1, -0.05) is 13.8 Å². The molecule has 2 atom stereocenters. The number of aromatic nitrogens is 1. The van der Waals surface area contributed by atoms with Crippen LogP contribution >= 0.6 is 11.8 Å². The lowest BCUT2D eigenvalue weighted by molar-refractivity contribution is -0.144. The van der Waals surface area contributed by atoms with Crippen LogP contribution in [0.25, 0.3) is 0 Å². The Morgan fingerprint density at radius 2 is 2.00 bits per heavy atom. The van der Waals surface area contributed by atoms with Crippen LogP contribution < -0.4 is 0 Å². The summed E-state index contributed by atoms with van der Waals surface area (Å²) in [5.41, 5.74) is 0. The summed E-state index contributed by atoms with van der Waals surface area (Å²) in [7, 11) is 1.42. The normalized spacial score (nSPS) is 14.3. The van der Waals surface area contributed by atoms with Gasteiger partial charge in [-0.25, -0.2) is 0 Å². The zero-order chi connectivity index (χ0) is 11.3. The highest BCUT2D eigenvalue weighted by Gasteiger charge is 2.21. The lowest BCUT2D eigenvalue weighted by Crippen LogP contribution is -2.21. The number of esters is 1. The van der Waals surface area contributed by atoms with E-state index in [1.165, 1.54) is 7.11 Å². The van der Waals surface area contributed by atoms with E-state index in [4.69, 9.17) is 4.74 Å². The van der Waals surface area contributed by atoms with Crippen LogP contribution in [-0.2, 0) is 9.53 Å². The van der Waals surface area contributed by atoms with Gasteiger partial charge in [-0.3, -0.25) is 9.78 Å². The average Bonchev–Trinajstić information content (AvgIpc) is 2.28. The number of hydrogen-bond acceptors (Lipinski definition) is 4. The predicted octanol–water partition coefficient (Wildman–Crippen LogP) is 2.37. The number of thioether (sulfide) groups is 1. The molecule has 0 bridgehead atoms. The maximum absolute atomic E-state index is 11.3. The van der Waals surface area contributed by atoms with E-state index in [1.54, 1.807) is 24.2 Å². The fraction of sp³-hybridized carbons (Fsp3) is 0.455. The molecule has 0 aromatic carbocycles. The molecule has 0 saturated heterocycles. The Hall–Kier alpha value is -1.03. The molecule has 82 valence electrons. The first-order chi connectivity index (χ1) is 7.15. The number of rotatable bonds is 4. The number of nitrogens with zero attached hydrogens (tertiary/aromatic N) is 1. The molecule has 1 heterocycles. The molecule has 0 amide bonds. The Bertz CT molecular complexity index is 316. The minimum atomic E-state index is -0.163. The van der Waals surface area contributed by atoms with Crippen LogP contribution in [0.2, 0.25) is 0 Å². The molecule has 2 unspecified atom stereocenters. The van der Waals surface area contributed by atoms with Crippen LogP contribution in [0.5, 0.6) is 0 Å². The first-order valence-corrected chi connectivity index (χ1v) is 5.67. The van der Waals surface area contributed by atoms with E-state index in [1.807, 2.05) is 26.0 Å². The first-order valence-electron chi connectivity index (χ1n) is 4.79. The Balaban J connectivity index is 2.56. The van der Waals surface area contributed by atoms with Crippen molar-refractivity contribution in [3.05, 3.63) is 24.5 Å². The quantitative estimate of drug-likeness (QED) is 0.582. The third-order valence-electron chi connectivity index (χ3n) is 2.25. The number of pyridine rings is 1. The molecule has 1 aromatic rings. The van der Waals surface area contributed by atoms with Gasteiger partial charge in [0, 0.05) is 22.5 Å². The van der Waals surface area contributed by atoms with Crippen molar-refractivity contribution in [2.75, 3.05) is 7.11 Å². The minimum absolute atomic E-state index is 0.104. The smallest absolute Gasteiger partial charge is 0.309 e. The molecule has 1 rings (SSSR count). The maximum Gasteiger partial charge on any atom is 0.309 e. The fourth-order valence-electron chi connectivity index (χ4n) is 1.11. The largest absolute Gasteiger partial charge is 0.469 e. The van der Waals surface area contributed by atoms with Crippen molar-refractivity contribution in [3.8, 4) is 0 Å².